The quantitative estimate of drug-likeness (QED) is 0.864. The zero-order chi connectivity index (χ0) is 16.1. The Labute approximate surface area is 125 Å². The summed E-state index contributed by atoms with van der Waals surface area (Å²) in [5, 5.41) is 3.41. The molecule has 120 valence electrons. The van der Waals surface area contributed by atoms with Crippen LogP contribution in [0.5, 0.6) is 0 Å². The third-order valence-electron chi connectivity index (χ3n) is 3.21. The van der Waals surface area contributed by atoms with E-state index in [2.05, 4.69) is 31.0 Å². The standard InChI is InChI=1S/C16H25F3N2/c1-15(2,3)20-10-12-21(4)11-9-13-5-7-14(8-6-13)16(17,18)19/h5-8,20H,9-12H2,1-4H3. The monoisotopic (exact) mass is 302 g/mol. The van der Waals surface area contributed by atoms with E-state index < -0.39 is 11.7 Å². The van der Waals surface area contributed by atoms with Crippen LogP contribution in [0.1, 0.15) is 31.9 Å². The fraction of sp³-hybridized carbons (Fsp3) is 0.625. The SMILES string of the molecule is CN(CCNC(C)(C)C)CCc1ccc(C(F)(F)F)cc1. The lowest BCUT2D eigenvalue weighted by Crippen LogP contribution is -2.40. The van der Waals surface area contributed by atoms with Crippen molar-refractivity contribution in [3.05, 3.63) is 35.4 Å². The molecular weight excluding hydrogens is 277 g/mol. The minimum atomic E-state index is -4.26. The van der Waals surface area contributed by atoms with Crippen LogP contribution in [0.2, 0.25) is 0 Å². The molecule has 0 heterocycles. The van der Waals surface area contributed by atoms with Gasteiger partial charge in [0.2, 0.25) is 0 Å². The molecule has 1 aromatic carbocycles. The van der Waals surface area contributed by atoms with Gasteiger partial charge in [0.05, 0.1) is 5.56 Å². The van der Waals surface area contributed by atoms with Crippen molar-refractivity contribution >= 4 is 0 Å². The molecule has 0 saturated heterocycles. The van der Waals surface area contributed by atoms with Gasteiger partial charge in [-0.2, -0.15) is 13.2 Å². The lowest BCUT2D eigenvalue weighted by atomic mass is 10.1. The summed E-state index contributed by atoms with van der Waals surface area (Å²) in [6, 6.07) is 5.42. The van der Waals surface area contributed by atoms with Gasteiger partial charge < -0.3 is 10.2 Å². The highest BCUT2D eigenvalue weighted by molar-refractivity contribution is 5.24. The Balaban J connectivity index is 2.35. The molecule has 0 unspecified atom stereocenters. The summed E-state index contributed by atoms with van der Waals surface area (Å²) in [5.74, 6) is 0. The molecule has 0 radical (unpaired) electrons. The smallest absolute Gasteiger partial charge is 0.311 e. The molecule has 5 heteroatoms. The largest absolute Gasteiger partial charge is 0.416 e. The lowest BCUT2D eigenvalue weighted by Gasteiger charge is -2.23. The second-order valence-corrected chi connectivity index (χ2v) is 6.42. The Morgan fingerprint density at radius 3 is 2.05 bits per heavy atom. The minimum Gasteiger partial charge on any atom is -0.311 e. The number of rotatable bonds is 6. The van der Waals surface area contributed by atoms with E-state index in [4.69, 9.17) is 0 Å². The maximum atomic E-state index is 12.5. The summed E-state index contributed by atoms with van der Waals surface area (Å²) in [5.41, 5.74) is 0.446. The van der Waals surface area contributed by atoms with Gasteiger partial charge in [0.15, 0.2) is 0 Å². The van der Waals surface area contributed by atoms with Gasteiger partial charge in [0, 0.05) is 25.2 Å². The van der Waals surface area contributed by atoms with Crippen molar-refractivity contribution in [1.82, 2.24) is 10.2 Å². The molecule has 0 fully saturated rings. The predicted molar refractivity (Wildman–Crippen MR) is 80.4 cm³/mol. The topological polar surface area (TPSA) is 15.3 Å². The molecule has 0 aliphatic heterocycles. The van der Waals surface area contributed by atoms with Crippen LogP contribution < -0.4 is 5.32 Å². The molecule has 0 spiro atoms. The van der Waals surface area contributed by atoms with Crippen LogP contribution in [0.3, 0.4) is 0 Å². The van der Waals surface area contributed by atoms with Crippen molar-refractivity contribution in [2.75, 3.05) is 26.7 Å². The zero-order valence-corrected chi connectivity index (χ0v) is 13.2. The average molecular weight is 302 g/mol. The van der Waals surface area contributed by atoms with Crippen LogP contribution >= 0.6 is 0 Å². The van der Waals surface area contributed by atoms with Crippen molar-refractivity contribution in [3.8, 4) is 0 Å². The molecule has 0 aromatic heterocycles. The number of likely N-dealkylation sites (N-methyl/N-ethyl adjacent to an activating group) is 1. The highest BCUT2D eigenvalue weighted by Gasteiger charge is 2.29. The summed E-state index contributed by atoms with van der Waals surface area (Å²) in [4.78, 5) is 2.18. The van der Waals surface area contributed by atoms with E-state index in [0.29, 0.717) is 0 Å². The van der Waals surface area contributed by atoms with Gasteiger partial charge in [0.25, 0.3) is 0 Å². The Bertz CT molecular complexity index is 419. The predicted octanol–water partition coefficient (Wildman–Crippen LogP) is 3.57. The van der Waals surface area contributed by atoms with Gasteiger partial charge in [-0.3, -0.25) is 0 Å². The summed E-state index contributed by atoms with van der Waals surface area (Å²) in [6.45, 7) is 9.00. The van der Waals surface area contributed by atoms with E-state index >= 15 is 0 Å². The molecule has 1 aromatic rings. The van der Waals surface area contributed by atoms with Crippen molar-refractivity contribution < 1.29 is 13.2 Å². The first-order valence-corrected chi connectivity index (χ1v) is 7.18. The van der Waals surface area contributed by atoms with E-state index in [1.165, 1.54) is 0 Å². The Morgan fingerprint density at radius 2 is 1.57 bits per heavy atom. The Hall–Kier alpha value is -1.07. The number of nitrogens with zero attached hydrogens (tertiary/aromatic N) is 1. The van der Waals surface area contributed by atoms with Gasteiger partial charge in [0.1, 0.15) is 0 Å². The normalized spacial score (nSPS) is 13.0. The number of halogens is 3. The van der Waals surface area contributed by atoms with Gasteiger partial charge in [-0.15, -0.1) is 0 Å². The average Bonchev–Trinajstić information content (AvgIpc) is 2.34. The molecule has 0 saturated carbocycles. The van der Waals surface area contributed by atoms with E-state index in [-0.39, 0.29) is 5.54 Å². The summed E-state index contributed by atoms with van der Waals surface area (Å²) >= 11 is 0. The van der Waals surface area contributed by atoms with Crippen LogP contribution in [0.25, 0.3) is 0 Å². The molecule has 0 aliphatic rings. The number of nitrogens with one attached hydrogen (secondary N) is 1. The summed E-state index contributed by atoms with van der Waals surface area (Å²) in [7, 11) is 2.02. The lowest BCUT2D eigenvalue weighted by molar-refractivity contribution is -0.137. The highest BCUT2D eigenvalue weighted by Crippen LogP contribution is 2.29. The fourth-order valence-electron chi connectivity index (χ4n) is 1.91. The fourth-order valence-corrected chi connectivity index (χ4v) is 1.91. The van der Waals surface area contributed by atoms with Gasteiger partial charge in [-0.1, -0.05) is 12.1 Å². The van der Waals surface area contributed by atoms with E-state index in [1.54, 1.807) is 12.1 Å². The van der Waals surface area contributed by atoms with Crippen molar-refractivity contribution in [1.29, 1.82) is 0 Å². The van der Waals surface area contributed by atoms with Crippen LogP contribution in [-0.2, 0) is 12.6 Å². The van der Waals surface area contributed by atoms with E-state index in [0.717, 1.165) is 43.8 Å². The molecule has 0 amide bonds. The van der Waals surface area contributed by atoms with Crippen molar-refractivity contribution in [3.63, 3.8) is 0 Å². The first-order chi connectivity index (χ1) is 9.58. The maximum absolute atomic E-state index is 12.5. The number of hydrogen-bond donors (Lipinski definition) is 1. The number of benzene rings is 1. The molecule has 21 heavy (non-hydrogen) atoms. The van der Waals surface area contributed by atoms with Crippen molar-refractivity contribution in [2.24, 2.45) is 0 Å². The third kappa shape index (κ3) is 7.48. The minimum absolute atomic E-state index is 0.105. The first kappa shape index (κ1) is 18.0. The van der Waals surface area contributed by atoms with Gasteiger partial charge in [-0.25, -0.2) is 0 Å². The van der Waals surface area contributed by atoms with Crippen LogP contribution in [0.15, 0.2) is 24.3 Å². The molecule has 2 nitrogen and oxygen atoms in total. The van der Waals surface area contributed by atoms with Gasteiger partial charge in [-0.05, 0) is 51.9 Å². The molecular formula is C16H25F3N2. The maximum Gasteiger partial charge on any atom is 0.416 e. The highest BCUT2D eigenvalue weighted by atomic mass is 19.4. The molecule has 0 atom stereocenters. The molecule has 0 bridgehead atoms. The first-order valence-electron chi connectivity index (χ1n) is 7.18. The van der Waals surface area contributed by atoms with Crippen LogP contribution in [0.4, 0.5) is 13.2 Å². The second kappa shape index (κ2) is 7.27. The Kier molecular flexibility index (Phi) is 6.23. The Morgan fingerprint density at radius 1 is 1.00 bits per heavy atom. The number of alkyl halides is 3. The second-order valence-electron chi connectivity index (χ2n) is 6.42. The summed E-state index contributed by atoms with van der Waals surface area (Å²) in [6.07, 6.45) is -3.50. The van der Waals surface area contributed by atoms with Crippen LogP contribution in [-0.4, -0.2) is 37.1 Å². The van der Waals surface area contributed by atoms with E-state index in [1.807, 2.05) is 7.05 Å². The molecule has 1 N–H and O–H groups in total. The van der Waals surface area contributed by atoms with Crippen LogP contribution in [0, 0.1) is 0 Å². The number of hydrogen-bond acceptors (Lipinski definition) is 2. The van der Waals surface area contributed by atoms with Gasteiger partial charge >= 0.3 is 6.18 Å². The van der Waals surface area contributed by atoms with Crippen molar-refractivity contribution in [2.45, 2.75) is 38.9 Å². The summed E-state index contributed by atoms with van der Waals surface area (Å²) < 4.78 is 37.4. The molecule has 1 rings (SSSR count). The van der Waals surface area contributed by atoms with E-state index in [9.17, 15) is 13.2 Å². The third-order valence-corrected chi connectivity index (χ3v) is 3.21. The molecule has 0 aliphatic carbocycles. The zero-order valence-electron chi connectivity index (χ0n) is 13.2.